The molecule has 1 saturated heterocycles. The number of carbonyl (C=O) groups is 1. The third kappa shape index (κ3) is 4.42. The first kappa shape index (κ1) is 22.1. The summed E-state index contributed by atoms with van der Waals surface area (Å²) in [5, 5.41) is 8.91. The normalized spacial score (nSPS) is 14.2. The topological polar surface area (TPSA) is 78.3 Å². The van der Waals surface area contributed by atoms with Gasteiger partial charge in [0.2, 0.25) is 0 Å². The minimum atomic E-state index is -0.299. The van der Waals surface area contributed by atoms with Crippen molar-refractivity contribution >= 4 is 34.2 Å². The van der Waals surface area contributed by atoms with E-state index in [0.717, 1.165) is 29.6 Å². The van der Waals surface area contributed by atoms with Crippen molar-refractivity contribution in [2.45, 2.75) is 39.7 Å². The molecule has 1 amide bonds. The Labute approximate surface area is 181 Å². The smallest absolute Gasteiger partial charge is 0.261 e. The fraction of sp³-hybridized carbons (Fsp3) is 0.409. The van der Waals surface area contributed by atoms with Crippen molar-refractivity contribution in [3.63, 3.8) is 0 Å². The molecule has 3 aromatic rings. The maximum absolute atomic E-state index is 12.8. The van der Waals surface area contributed by atoms with Crippen molar-refractivity contribution < 1.29 is 14.3 Å². The number of rotatable bonds is 4. The molecule has 8 heteroatoms. The standard InChI is InChI=1S/C20H21ClN4O3.C2H6/c1-12-17-18(27-2)16(20(26)23-14-5-3-13(21)4-6-14)11-22-19(17)25(24-12)15-7-9-28-10-8-15;1-2/h3-6,11,15H,7-10H2,1-2H3,(H,23,26);1-2H3. The Morgan fingerprint density at radius 3 is 2.53 bits per heavy atom. The molecular formula is C22H27ClN4O3. The predicted molar refractivity (Wildman–Crippen MR) is 119 cm³/mol. The zero-order valence-corrected chi connectivity index (χ0v) is 18.5. The first-order valence-electron chi connectivity index (χ1n) is 10.1. The van der Waals surface area contributed by atoms with Crippen LogP contribution in [0.5, 0.6) is 5.75 Å². The van der Waals surface area contributed by atoms with Crippen molar-refractivity contribution in [3.8, 4) is 5.75 Å². The van der Waals surface area contributed by atoms with Crippen molar-refractivity contribution in [3.05, 3.63) is 46.7 Å². The van der Waals surface area contributed by atoms with E-state index in [4.69, 9.17) is 21.1 Å². The van der Waals surface area contributed by atoms with Crippen molar-refractivity contribution in [1.29, 1.82) is 0 Å². The zero-order chi connectivity index (χ0) is 21.7. The molecule has 0 spiro atoms. The Balaban J connectivity index is 0.00000124. The number of halogens is 1. The van der Waals surface area contributed by atoms with Gasteiger partial charge in [-0.15, -0.1) is 0 Å². The molecule has 2 aromatic heterocycles. The lowest BCUT2D eigenvalue weighted by Gasteiger charge is -2.22. The van der Waals surface area contributed by atoms with Gasteiger partial charge in [-0.3, -0.25) is 4.79 Å². The summed E-state index contributed by atoms with van der Waals surface area (Å²) in [6, 6.07) is 7.16. The highest BCUT2D eigenvalue weighted by molar-refractivity contribution is 6.30. The van der Waals surface area contributed by atoms with Gasteiger partial charge in [0, 0.05) is 30.1 Å². The number of amides is 1. The Morgan fingerprint density at radius 2 is 1.90 bits per heavy atom. The monoisotopic (exact) mass is 430 g/mol. The Hall–Kier alpha value is -2.64. The van der Waals surface area contributed by atoms with Gasteiger partial charge in [-0.05, 0) is 44.0 Å². The highest BCUT2D eigenvalue weighted by Gasteiger charge is 2.25. The second-order valence-electron chi connectivity index (χ2n) is 6.74. The van der Waals surface area contributed by atoms with E-state index in [9.17, 15) is 4.79 Å². The van der Waals surface area contributed by atoms with Gasteiger partial charge < -0.3 is 14.8 Å². The van der Waals surface area contributed by atoms with E-state index in [1.54, 1.807) is 37.6 Å². The molecule has 0 saturated carbocycles. The van der Waals surface area contributed by atoms with Crippen LogP contribution < -0.4 is 10.1 Å². The predicted octanol–water partition coefficient (Wildman–Crippen LogP) is 5.03. The number of fused-ring (bicyclic) bond motifs is 1. The third-order valence-corrected chi connectivity index (χ3v) is 5.19. The molecule has 1 fully saturated rings. The number of aromatic nitrogens is 3. The van der Waals surface area contributed by atoms with Gasteiger partial charge >= 0.3 is 0 Å². The van der Waals surface area contributed by atoms with E-state index >= 15 is 0 Å². The summed E-state index contributed by atoms with van der Waals surface area (Å²) in [6.45, 7) is 7.33. The summed E-state index contributed by atoms with van der Waals surface area (Å²) in [7, 11) is 1.55. The maximum atomic E-state index is 12.8. The molecule has 1 aliphatic rings. The SMILES string of the molecule is CC.COc1c(C(=O)Nc2ccc(Cl)cc2)cnc2c1c(C)nn2C1CCOCC1. The molecule has 160 valence electrons. The second kappa shape index (κ2) is 9.91. The summed E-state index contributed by atoms with van der Waals surface area (Å²) in [6.07, 6.45) is 3.32. The van der Waals surface area contributed by atoms with Crippen molar-refractivity contribution in [2.24, 2.45) is 0 Å². The van der Waals surface area contributed by atoms with Crippen LogP contribution in [0.3, 0.4) is 0 Å². The lowest BCUT2D eigenvalue weighted by Crippen LogP contribution is -2.21. The average molecular weight is 431 g/mol. The molecule has 7 nitrogen and oxygen atoms in total. The summed E-state index contributed by atoms with van der Waals surface area (Å²) in [5.74, 6) is 0.180. The van der Waals surface area contributed by atoms with Crippen LogP contribution in [-0.2, 0) is 4.74 Å². The Morgan fingerprint density at radius 1 is 1.23 bits per heavy atom. The molecule has 0 bridgehead atoms. The van der Waals surface area contributed by atoms with E-state index in [-0.39, 0.29) is 11.9 Å². The summed E-state index contributed by atoms with van der Waals surface area (Å²) in [5.41, 5.74) is 2.52. The molecule has 0 aliphatic carbocycles. The Bertz CT molecular complexity index is 1010. The number of hydrogen-bond acceptors (Lipinski definition) is 5. The minimum absolute atomic E-state index is 0.232. The molecule has 3 heterocycles. The molecule has 1 N–H and O–H groups in total. The van der Waals surface area contributed by atoms with Crippen LogP contribution in [0.15, 0.2) is 30.5 Å². The van der Waals surface area contributed by atoms with E-state index in [1.165, 1.54) is 0 Å². The minimum Gasteiger partial charge on any atom is -0.495 e. The lowest BCUT2D eigenvalue weighted by atomic mass is 10.1. The zero-order valence-electron chi connectivity index (χ0n) is 17.7. The lowest BCUT2D eigenvalue weighted by molar-refractivity contribution is 0.0672. The van der Waals surface area contributed by atoms with Crippen LogP contribution in [0, 0.1) is 6.92 Å². The quantitative estimate of drug-likeness (QED) is 0.627. The van der Waals surface area contributed by atoms with Crippen LogP contribution >= 0.6 is 11.6 Å². The molecule has 1 aliphatic heterocycles. The highest BCUT2D eigenvalue weighted by atomic mass is 35.5. The van der Waals surface area contributed by atoms with Crippen molar-refractivity contribution in [1.82, 2.24) is 14.8 Å². The van der Waals surface area contributed by atoms with Gasteiger partial charge in [-0.25, -0.2) is 9.67 Å². The van der Waals surface area contributed by atoms with Gasteiger partial charge in [0.1, 0.15) is 11.3 Å². The molecule has 0 unspecified atom stereocenters. The van der Waals surface area contributed by atoms with Crippen LogP contribution in [0.1, 0.15) is 48.8 Å². The van der Waals surface area contributed by atoms with Crippen LogP contribution in [0.25, 0.3) is 11.0 Å². The molecule has 4 rings (SSSR count). The number of nitrogens with zero attached hydrogens (tertiary/aromatic N) is 3. The maximum Gasteiger partial charge on any atom is 0.261 e. The van der Waals surface area contributed by atoms with E-state index in [0.29, 0.717) is 35.2 Å². The van der Waals surface area contributed by atoms with Gasteiger partial charge in [-0.1, -0.05) is 25.4 Å². The summed E-state index contributed by atoms with van der Waals surface area (Å²) >= 11 is 5.90. The van der Waals surface area contributed by atoms with Crippen LogP contribution in [0.2, 0.25) is 5.02 Å². The van der Waals surface area contributed by atoms with Crippen molar-refractivity contribution in [2.75, 3.05) is 25.6 Å². The van der Waals surface area contributed by atoms with Crippen LogP contribution in [-0.4, -0.2) is 41.0 Å². The number of benzene rings is 1. The van der Waals surface area contributed by atoms with E-state index < -0.39 is 0 Å². The number of aryl methyl sites for hydroxylation is 1. The second-order valence-corrected chi connectivity index (χ2v) is 7.17. The van der Waals surface area contributed by atoms with E-state index in [2.05, 4.69) is 15.4 Å². The number of nitrogens with one attached hydrogen (secondary N) is 1. The number of hydrogen-bond donors (Lipinski definition) is 1. The molecule has 1 aromatic carbocycles. The largest absolute Gasteiger partial charge is 0.495 e. The van der Waals surface area contributed by atoms with Gasteiger partial charge in [0.15, 0.2) is 5.65 Å². The third-order valence-electron chi connectivity index (χ3n) is 4.94. The molecule has 0 atom stereocenters. The average Bonchev–Trinajstić information content (AvgIpc) is 3.13. The number of ether oxygens (including phenoxy) is 2. The number of methoxy groups -OCH3 is 1. The first-order valence-corrected chi connectivity index (χ1v) is 10.5. The Kier molecular flexibility index (Phi) is 7.29. The van der Waals surface area contributed by atoms with E-state index in [1.807, 2.05) is 25.5 Å². The first-order chi connectivity index (χ1) is 14.6. The highest BCUT2D eigenvalue weighted by Crippen LogP contribution is 2.34. The fourth-order valence-corrected chi connectivity index (χ4v) is 3.66. The van der Waals surface area contributed by atoms with Gasteiger partial charge in [0.05, 0.1) is 24.2 Å². The van der Waals surface area contributed by atoms with Crippen LogP contribution in [0.4, 0.5) is 5.69 Å². The number of carbonyl (C=O) groups excluding carboxylic acids is 1. The molecule has 30 heavy (non-hydrogen) atoms. The summed E-state index contributed by atoms with van der Waals surface area (Å²) < 4.78 is 13.0. The number of anilines is 1. The fourth-order valence-electron chi connectivity index (χ4n) is 3.53. The molecular weight excluding hydrogens is 404 g/mol. The van der Waals surface area contributed by atoms with Gasteiger partial charge in [-0.2, -0.15) is 5.10 Å². The number of pyridine rings is 1. The summed E-state index contributed by atoms with van der Waals surface area (Å²) in [4.78, 5) is 17.4. The molecule has 0 radical (unpaired) electrons. The van der Waals surface area contributed by atoms with Gasteiger partial charge in [0.25, 0.3) is 5.91 Å².